The average molecular weight is 425 g/mol. The van der Waals surface area contributed by atoms with Gasteiger partial charge in [-0.05, 0) is 53.3 Å². The zero-order chi connectivity index (χ0) is 22.6. The van der Waals surface area contributed by atoms with Crippen LogP contribution in [-0.4, -0.2) is 10.9 Å². The van der Waals surface area contributed by atoms with Crippen molar-refractivity contribution in [1.82, 2.24) is 4.98 Å². The van der Waals surface area contributed by atoms with Gasteiger partial charge in [0.1, 0.15) is 11.4 Å². The minimum Gasteiger partial charge on any atom is -0.450 e. The van der Waals surface area contributed by atoms with Gasteiger partial charge in [-0.1, -0.05) is 57.2 Å². The average Bonchev–Trinajstić information content (AvgIpc) is 3.06. The number of nitrogens with zero attached hydrogens (tertiary/aromatic N) is 2. The van der Waals surface area contributed by atoms with Crippen molar-refractivity contribution in [3.63, 3.8) is 0 Å². The molecule has 0 unspecified atom stereocenters. The molecule has 0 radical (unpaired) electrons. The van der Waals surface area contributed by atoms with Gasteiger partial charge in [0, 0.05) is 6.20 Å². The minimum atomic E-state index is -0.610. The SMILES string of the molecule is Cc1ccnc(N2C(=O)c3oc4ccccc4c(=O)c3[C@@H]2c2ccc(C(C)(C)C)cc2)c1. The number of amides is 1. The summed E-state index contributed by atoms with van der Waals surface area (Å²) in [5.74, 6) is 0.225. The van der Waals surface area contributed by atoms with Crippen molar-refractivity contribution in [2.24, 2.45) is 0 Å². The maximum absolute atomic E-state index is 13.6. The van der Waals surface area contributed by atoms with Crippen LogP contribution in [0, 0.1) is 6.92 Å². The van der Waals surface area contributed by atoms with E-state index in [1.165, 1.54) is 5.56 Å². The third kappa shape index (κ3) is 3.12. The van der Waals surface area contributed by atoms with Crippen LogP contribution in [0.1, 0.15) is 59.6 Å². The number of carbonyl (C=O) groups is 1. The maximum Gasteiger partial charge on any atom is 0.296 e. The smallest absolute Gasteiger partial charge is 0.296 e. The molecule has 1 aliphatic heterocycles. The molecule has 1 amide bonds. The van der Waals surface area contributed by atoms with E-state index in [0.717, 1.165) is 11.1 Å². The lowest BCUT2D eigenvalue weighted by Gasteiger charge is -2.25. The molecule has 0 spiro atoms. The third-order valence-corrected chi connectivity index (χ3v) is 6.02. The Morgan fingerprint density at radius 3 is 2.38 bits per heavy atom. The van der Waals surface area contributed by atoms with Gasteiger partial charge in [-0.3, -0.25) is 14.5 Å². The van der Waals surface area contributed by atoms with Crippen molar-refractivity contribution < 1.29 is 9.21 Å². The first-order valence-electron chi connectivity index (χ1n) is 10.7. The number of aromatic nitrogens is 1. The van der Waals surface area contributed by atoms with Crippen molar-refractivity contribution in [2.45, 2.75) is 39.2 Å². The molecular formula is C27H24N2O3. The fourth-order valence-corrected chi connectivity index (χ4v) is 4.29. The van der Waals surface area contributed by atoms with Crippen molar-refractivity contribution in [3.8, 4) is 0 Å². The predicted octanol–water partition coefficient (Wildman–Crippen LogP) is 5.54. The normalized spacial score (nSPS) is 15.9. The number of fused-ring (bicyclic) bond motifs is 2. The number of hydrogen-bond acceptors (Lipinski definition) is 4. The second-order valence-corrected chi connectivity index (χ2v) is 9.31. The van der Waals surface area contributed by atoms with Gasteiger partial charge in [-0.25, -0.2) is 4.98 Å². The topological polar surface area (TPSA) is 63.4 Å². The number of anilines is 1. The highest BCUT2D eigenvalue weighted by Crippen LogP contribution is 2.41. The summed E-state index contributed by atoms with van der Waals surface area (Å²) in [6, 6.07) is 18.3. The number of rotatable bonds is 2. The summed E-state index contributed by atoms with van der Waals surface area (Å²) in [6.45, 7) is 8.41. The molecule has 0 saturated carbocycles. The summed E-state index contributed by atoms with van der Waals surface area (Å²) >= 11 is 0. The Bertz CT molecular complexity index is 1410. The number of benzene rings is 2. The van der Waals surface area contributed by atoms with Crippen LogP contribution < -0.4 is 10.3 Å². The van der Waals surface area contributed by atoms with Crippen LogP contribution in [0.5, 0.6) is 0 Å². The van der Waals surface area contributed by atoms with Gasteiger partial charge >= 0.3 is 0 Å². The molecule has 0 N–H and O–H groups in total. The van der Waals surface area contributed by atoms with Crippen LogP contribution >= 0.6 is 0 Å². The Labute approximate surface area is 186 Å². The molecule has 0 bridgehead atoms. The molecule has 2 aromatic carbocycles. The van der Waals surface area contributed by atoms with Gasteiger partial charge < -0.3 is 4.42 Å². The van der Waals surface area contributed by atoms with Gasteiger partial charge in [-0.15, -0.1) is 0 Å². The van der Waals surface area contributed by atoms with Crippen molar-refractivity contribution in [1.29, 1.82) is 0 Å². The van der Waals surface area contributed by atoms with E-state index in [2.05, 4.69) is 37.9 Å². The summed E-state index contributed by atoms with van der Waals surface area (Å²) in [5, 5.41) is 0.467. The van der Waals surface area contributed by atoms with Crippen LogP contribution in [-0.2, 0) is 5.41 Å². The van der Waals surface area contributed by atoms with E-state index in [1.807, 2.05) is 31.2 Å². The zero-order valence-corrected chi connectivity index (χ0v) is 18.5. The number of carbonyl (C=O) groups excluding carboxylic acids is 1. The van der Waals surface area contributed by atoms with Crippen LogP contribution in [0.3, 0.4) is 0 Å². The Morgan fingerprint density at radius 2 is 1.69 bits per heavy atom. The summed E-state index contributed by atoms with van der Waals surface area (Å²) < 4.78 is 5.99. The highest BCUT2D eigenvalue weighted by Gasteiger charge is 2.44. The highest BCUT2D eigenvalue weighted by atomic mass is 16.3. The second kappa shape index (κ2) is 7.16. The fraction of sp³-hybridized carbons (Fsp3) is 0.222. The monoisotopic (exact) mass is 424 g/mol. The Balaban J connectivity index is 1.77. The van der Waals surface area contributed by atoms with Gasteiger partial charge in [0.05, 0.1) is 17.0 Å². The van der Waals surface area contributed by atoms with Crippen LogP contribution in [0.2, 0.25) is 0 Å². The molecule has 1 aliphatic rings. The highest BCUT2D eigenvalue weighted by molar-refractivity contribution is 6.10. The molecule has 0 saturated heterocycles. The lowest BCUT2D eigenvalue weighted by atomic mass is 9.86. The minimum absolute atomic E-state index is 0.00501. The molecule has 5 nitrogen and oxygen atoms in total. The second-order valence-electron chi connectivity index (χ2n) is 9.31. The van der Waals surface area contributed by atoms with Crippen molar-refractivity contribution in [3.05, 3.63) is 105 Å². The third-order valence-electron chi connectivity index (χ3n) is 6.02. The number of aryl methyl sites for hydroxylation is 1. The van der Waals surface area contributed by atoms with E-state index < -0.39 is 6.04 Å². The Hall–Kier alpha value is -3.73. The number of hydrogen-bond donors (Lipinski definition) is 0. The van der Waals surface area contributed by atoms with E-state index in [9.17, 15) is 9.59 Å². The molecule has 32 heavy (non-hydrogen) atoms. The maximum atomic E-state index is 13.6. The van der Waals surface area contributed by atoms with Crippen molar-refractivity contribution >= 4 is 22.7 Å². The lowest BCUT2D eigenvalue weighted by molar-refractivity contribution is 0.0970. The molecule has 0 aliphatic carbocycles. The molecule has 1 atom stereocenters. The molecule has 3 heterocycles. The predicted molar refractivity (Wildman–Crippen MR) is 125 cm³/mol. The molecule has 2 aromatic heterocycles. The van der Waals surface area contributed by atoms with Crippen LogP contribution in [0.4, 0.5) is 5.82 Å². The van der Waals surface area contributed by atoms with Gasteiger partial charge in [-0.2, -0.15) is 0 Å². The molecule has 5 rings (SSSR count). The largest absolute Gasteiger partial charge is 0.450 e. The Kier molecular flexibility index (Phi) is 4.52. The Morgan fingerprint density at radius 1 is 0.969 bits per heavy atom. The zero-order valence-electron chi connectivity index (χ0n) is 18.5. The summed E-state index contributed by atoms with van der Waals surface area (Å²) in [6.07, 6.45) is 1.67. The molecule has 0 fully saturated rings. The van der Waals surface area contributed by atoms with Crippen LogP contribution in [0.25, 0.3) is 11.0 Å². The quantitative estimate of drug-likeness (QED) is 0.424. The first kappa shape index (κ1) is 20.2. The van der Waals surface area contributed by atoms with E-state index in [-0.39, 0.29) is 22.5 Å². The van der Waals surface area contributed by atoms with E-state index in [0.29, 0.717) is 22.4 Å². The van der Waals surface area contributed by atoms with Crippen molar-refractivity contribution in [2.75, 3.05) is 4.90 Å². The number of para-hydroxylation sites is 1. The summed E-state index contributed by atoms with van der Waals surface area (Å²) in [4.78, 5) is 33.2. The number of pyridine rings is 1. The molecular weight excluding hydrogens is 400 g/mol. The first-order chi connectivity index (χ1) is 15.3. The van der Waals surface area contributed by atoms with Crippen LogP contribution in [0.15, 0.2) is 76.1 Å². The van der Waals surface area contributed by atoms with E-state index in [1.54, 1.807) is 35.4 Å². The molecule has 4 aromatic rings. The first-order valence-corrected chi connectivity index (χ1v) is 10.7. The fourth-order valence-electron chi connectivity index (χ4n) is 4.29. The summed E-state index contributed by atoms with van der Waals surface area (Å²) in [7, 11) is 0. The van der Waals surface area contributed by atoms with Gasteiger partial charge in [0.25, 0.3) is 5.91 Å². The molecule has 160 valence electrons. The van der Waals surface area contributed by atoms with Gasteiger partial charge in [0.2, 0.25) is 5.76 Å². The standard InChI is InChI=1S/C27H24N2O3/c1-16-13-14-28-21(15-16)29-23(17-9-11-18(12-10-17)27(2,3)4)22-24(30)19-7-5-6-8-20(19)32-25(22)26(29)31/h5-15,23H,1-4H3/t23-/m0/s1. The van der Waals surface area contributed by atoms with E-state index >= 15 is 0 Å². The van der Waals surface area contributed by atoms with E-state index in [4.69, 9.17) is 4.42 Å². The summed E-state index contributed by atoms with van der Waals surface area (Å²) in [5.41, 5.74) is 3.58. The molecule has 5 heteroatoms. The lowest BCUT2D eigenvalue weighted by Crippen LogP contribution is -2.30. The van der Waals surface area contributed by atoms with Gasteiger partial charge in [0.15, 0.2) is 5.43 Å².